The largest absolute Gasteiger partial charge is 0.458 e. The molecule has 27 heavy (non-hydrogen) atoms. The van der Waals surface area contributed by atoms with Crippen molar-refractivity contribution in [3.05, 3.63) is 78.5 Å². The Morgan fingerprint density at radius 2 is 1.89 bits per heavy atom. The van der Waals surface area contributed by atoms with Gasteiger partial charge in [-0.05, 0) is 24.3 Å². The average molecular weight is 372 g/mol. The third kappa shape index (κ3) is 3.92. The first-order valence-corrected chi connectivity index (χ1v) is 8.01. The number of esters is 1. The highest BCUT2D eigenvalue weighted by atomic mass is 19.4. The molecule has 1 N–H and O–H groups in total. The van der Waals surface area contributed by atoms with Crippen LogP contribution < -0.4 is 5.32 Å². The molecule has 4 nitrogen and oxygen atoms in total. The third-order valence-corrected chi connectivity index (χ3v) is 3.83. The number of halogens is 3. The van der Waals surface area contributed by atoms with E-state index < -0.39 is 17.7 Å². The molecule has 2 aromatic carbocycles. The Balaban J connectivity index is 2.04. The maximum absolute atomic E-state index is 13.2. The van der Waals surface area contributed by atoms with Gasteiger partial charge in [-0.1, -0.05) is 36.9 Å². The fraction of sp³-hybridized carbons (Fsp3) is 0.100. The Labute approximate surface area is 153 Å². The minimum Gasteiger partial charge on any atom is -0.458 e. The van der Waals surface area contributed by atoms with Crippen LogP contribution >= 0.6 is 0 Å². The zero-order chi connectivity index (χ0) is 19.4. The molecule has 0 aliphatic rings. The molecular weight excluding hydrogens is 357 g/mol. The van der Waals surface area contributed by atoms with Crippen LogP contribution in [-0.4, -0.2) is 17.6 Å². The van der Waals surface area contributed by atoms with Gasteiger partial charge in [0.25, 0.3) is 0 Å². The van der Waals surface area contributed by atoms with Crippen LogP contribution in [0.4, 0.5) is 24.5 Å². The lowest BCUT2D eigenvalue weighted by atomic mass is 10.1. The van der Waals surface area contributed by atoms with Crippen LogP contribution in [0.2, 0.25) is 0 Å². The number of nitrogens with one attached hydrogen (secondary N) is 1. The van der Waals surface area contributed by atoms with Crippen molar-refractivity contribution in [3.8, 4) is 0 Å². The van der Waals surface area contributed by atoms with Crippen LogP contribution in [0.3, 0.4) is 0 Å². The van der Waals surface area contributed by atoms with Crippen molar-refractivity contribution < 1.29 is 22.7 Å². The van der Waals surface area contributed by atoms with E-state index in [1.165, 1.54) is 18.3 Å². The molecule has 0 amide bonds. The van der Waals surface area contributed by atoms with Gasteiger partial charge in [-0.3, -0.25) is 4.98 Å². The normalized spacial score (nSPS) is 11.2. The second kappa shape index (κ2) is 7.49. The number of alkyl halides is 3. The summed E-state index contributed by atoms with van der Waals surface area (Å²) in [7, 11) is 0. The van der Waals surface area contributed by atoms with Gasteiger partial charge in [-0.25, -0.2) is 4.79 Å². The zero-order valence-electron chi connectivity index (χ0n) is 14.1. The second-order valence-corrected chi connectivity index (χ2v) is 5.62. The summed E-state index contributed by atoms with van der Waals surface area (Å²) in [6.07, 6.45) is -1.78. The van der Waals surface area contributed by atoms with E-state index in [1.807, 2.05) is 0 Å². The third-order valence-electron chi connectivity index (χ3n) is 3.83. The summed E-state index contributed by atoms with van der Waals surface area (Å²) in [6, 6.07) is 12.0. The minimum atomic E-state index is -4.52. The first kappa shape index (κ1) is 18.4. The van der Waals surface area contributed by atoms with Gasteiger partial charge in [0.2, 0.25) is 0 Å². The zero-order valence-corrected chi connectivity index (χ0v) is 14.1. The van der Waals surface area contributed by atoms with Crippen molar-refractivity contribution in [1.82, 2.24) is 4.98 Å². The van der Waals surface area contributed by atoms with Crippen molar-refractivity contribution in [2.24, 2.45) is 0 Å². The van der Waals surface area contributed by atoms with E-state index in [-0.39, 0.29) is 17.7 Å². The molecular formula is C20H15F3N2O2. The van der Waals surface area contributed by atoms with Gasteiger partial charge < -0.3 is 10.1 Å². The Morgan fingerprint density at radius 3 is 2.63 bits per heavy atom. The highest BCUT2D eigenvalue weighted by Crippen LogP contribution is 2.36. The van der Waals surface area contributed by atoms with Crippen LogP contribution in [-0.2, 0) is 10.9 Å². The molecule has 0 saturated heterocycles. The lowest BCUT2D eigenvalue weighted by Crippen LogP contribution is -2.09. The monoisotopic (exact) mass is 372 g/mol. The first-order valence-electron chi connectivity index (χ1n) is 8.01. The number of para-hydroxylation sites is 2. The summed E-state index contributed by atoms with van der Waals surface area (Å²) in [6.45, 7) is 3.54. The quantitative estimate of drug-likeness (QED) is 0.485. The van der Waals surface area contributed by atoms with Crippen LogP contribution in [0.25, 0.3) is 10.9 Å². The molecule has 3 aromatic rings. The Kier molecular flexibility index (Phi) is 5.12. The number of nitrogens with zero attached hydrogens (tertiary/aromatic N) is 1. The number of hydrogen-bond donors (Lipinski definition) is 1. The number of rotatable bonds is 5. The van der Waals surface area contributed by atoms with E-state index >= 15 is 0 Å². The fourth-order valence-corrected chi connectivity index (χ4v) is 2.64. The molecule has 1 aromatic heterocycles. The van der Waals surface area contributed by atoms with Crippen molar-refractivity contribution in [2.75, 3.05) is 11.9 Å². The number of carbonyl (C=O) groups excluding carboxylic acids is 1. The Hall–Kier alpha value is -3.35. The summed E-state index contributed by atoms with van der Waals surface area (Å²) >= 11 is 0. The molecule has 0 saturated carbocycles. The van der Waals surface area contributed by atoms with Gasteiger partial charge in [0.05, 0.1) is 22.3 Å². The second-order valence-electron chi connectivity index (χ2n) is 5.62. The number of carbonyl (C=O) groups is 1. The molecule has 0 aliphatic carbocycles. The number of anilines is 2. The van der Waals surface area contributed by atoms with E-state index in [9.17, 15) is 18.0 Å². The number of aromatic nitrogens is 1. The van der Waals surface area contributed by atoms with E-state index in [4.69, 9.17) is 4.74 Å². The molecule has 0 aliphatic heterocycles. The lowest BCUT2D eigenvalue weighted by Gasteiger charge is -2.15. The van der Waals surface area contributed by atoms with Gasteiger partial charge in [-0.15, -0.1) is 0 Å². The molecule has 0 radical (unpaired) electrons. The fourth-order valence-electron chi connectivity index (χ4n) is 2.64. The average Bonchev–Trinajstić information content (AvgIpc) is 2.65. The molecule has 0 bridgehead atoms. The standard InChI is InChI=1S/C20H15F3N2O2/c1-2-12-27-19(26)14-6-3-4-9-16(14)25-17-10-11-24-18-13(17)7-5-8-15(18)20(21,22)23/h2-11H,1,12H2,(H,24,25). The SMILES string of the molecule is C=CCOC(=O)c1ccccc1Nc1ccnc2c(C(F)(F)F)cccc12. The minimum absolute atomic E-state index is 0.0559. The van der Waals surface area contributed by atoms with Crippen molar-refractivity contribution in [1.29, 1.82) is 0 Å². The molecule has 7 heteroatoms. The number of benzene rings is 2. The molecule has 0 fully saturated rings. The smallest absolute Gasteiger partial charge is 0.418 e. The molecule has 138 valence electrons. The van der Waals surface area contributed by atoms with Crippen LogP contribution in [0.1, 0.15) is 15.9 Å². The van der Waals surface area contributed by atoms with Crippen molar-refractivity contribution in [3.63, 3.8) is 0 Å². The molecule has 3 rings (SSSR count). The predicted molar refractivity (Wildman–Crippen MR) is 96.9 cm³/mol. The van der Waals surface area contributed by atoms with Gasteiger partial charge in [0, 0.05) is 17.3 Å². The summed E-state index contributed by atoms with van der Waals surface area (Å²) in [4.78, 5) is 16.1. The Morgan fingerprint density at radius 1 is 1.11 bits per heavy atom. The van der Waals surface area contributed by atoms with Gasteiger partial charge in [0.15, 0.2) is 0 Å². The first-order chi connectivity index (χ1) is 12.9. The summed E-state index contributed by atoms with van der Waals surface area (Å²) in [5.41, 5.74) is 0.0897. The van der Waals surface area contributed by atoms with Crippen LogP contribution in [0.15, 0.2) is 67.4 Å². The summed E-state index contributed by atoms with van der Waals surface area (Å²) in [5.74, 6) is -0.563. The highest BCUT2D eigenvalue weighted by molar-refractivity contribution is 6.00. The predicted octanol–water partition coefficient (Wildman–Crippen LogP) is 5.34. The van der Waals surface area contributed by atoms with E-state index in [0.717, 1.165) is 6.07 Å². The maximum Gasteiger partial charge on any atom is 0.418 e. The number of hydrogen-bond acceptors (Lipinski definition) is 4. The number of pyridine rings is 1. The molecule has 0 atom stereocenters. The van der Waals surface area contributed by atoms with Crippen LogP contribution in [0, 0.1) is 0 Å². The Bertz CT molecular complexity index is 1000. The maximum atomic E-state index is 13.2. The van der Waals surface area contributed by atoms with E-state index in [0.29, 0.717) is 16.8 Å². The molecule has 0 spiro atoms. The van der Waals surface area contributed by atoms with E-state index in [1.54, 1.807) is 36.4 Å². The topological polar surface area (TPSA) is 51.2 Å². The molecule has 0 unspecified atom stereocenters. The number of ether oxygens (including phenoxy) is 1. The summed E-state index contributed by atoms with van der Waals surface area (Å²) in [5, 5.41) is 3.31. The van der Waals surface area contributed by atoms with E-state index in [2.05, 4.69) is 16.9 Å². The van der Waals surface area contributed by atoms with Crippen LogP contribution in [0.5, 0.6) is 0 Å². The van der Waals surface area contributed by atoms with Crippen molar-refractivity contribution in [2.45, 2.75) is 6.18 Å². The highest BCUT2D eigenvalue weighted by Gasteiger charge is 2.33. The molecule has 1 heterocycles. The summed E-state index contributed by atoms with van der Waals surface area (Å²) < 4.78 is 44.8. The lowest BCUT2D eigenvalue weighted by molar-refractivity contribution is -0.136. The van der Waals surface area contributed by atoms with Gasteiger partial charge in [-0.2, -0.15) is 13.2 Å². The van der Waals surface area contributed by atoms with Crippen molar-refractivity contribution >= 4 is 28.2 Å². The number of fused-ring (bicyclic) bond motifs is 1. The van der Waals surface area contributed by atoms with Gasteiger partial charge >= 0.3 is 12.1 Å². The van der Waals surface area contributed by atoms with Gasteiger partial charge in [0.1, 0.15) is 6.61 Å².